The van der Waals surface area contributed by atoms with E-state index in [-0.39, 0.29) is 5.41 Å². The summed E-state index contributed by atoms with van der Waals surface area (Å²) < 4.78 is 0. The van der Waals surface area contributed by atoms with E-state index >= 15 is 0 Å². The number of hydrogen-bond acceptors (Lipinski definition) is 2. The average Bonchev–Trinajstić information content (AvgIpc) is 3.12. The fourth-order valence-corrected chi connectivity index (χ4v) is 5.42. The first kappa shape index (κ1) is 19.3. The number of nitrogens with one attached hydrogen (secondary N) is 1. The Kier molecular flexibility index (Phi) is 4.45. The number of aryl methyl sites for hydroxylation is 1. The van der Waals surface area contributed by atoms with E-state index in [2.05, 4.69) is 78.9 Å². The maximum absolute atomic E-state index is 5.64. The van der Waals surface area contributed by atoms with Crippen molar-refractivity contribution in [2.24, 2.45) is 0 Å². The van der Waals surface area contributed by atoms with E-state index in [4.69, 9.17) is 6.42 Å². The largest absolute Gasteiger partial charge is 0.369 e. The van der Waals surface area contributed by atoms with E-state index in [0.717, 1.165) is 50.1 Å². The molecule has 5 rings (SSSR count). The zero-order valence-electron chi connectivity index (χ0n) is 18.6. The van der Waals surface area contributed by atoms with E-state index in [1.807, 2.05) is 0 Å². The number of terminal acetylenes is 1. The fraction of sp³-hybridized carbons (Fsp3) is 0.407. The number of aromatic nitrogens is 1. The Labute approximate surface area is 180 Å². The molecule has 2 heterocycles. The molecule has 0 amide bonds. The van der Waals surface area contributed by atoms with Gasteiger partial charge in [-0.25, -0.2) is 0 Å². The lowest BCUT2D eigenvalue weighted by molar-refractivity contribution is 0.312. The highest BCUT2D eigenvalue weighted by molar-refractivity contribution is 5.88. The van der Waals surface area contributed by atoms with Crippen LogP contribution < -0.4 is 4.90 Å². The highest BCUT2D eigenvalue weighted by Gasteiger charge is 2.36. The molecule has 1 N–H and O–H groups in total. The lowest BCUT2D eigenvalue weighted by Crippen LogP contribution is -2.45. The Morgan fingerprint density at radius 2 is 1.87 bits per heavy atom. The average molecular weight is 398 g/mol. The number of nitrogens with zero attached hydrogens (tertiary/aromatic N) is 2. The molecule has 0 radical (unpaired) electrons. The second-order valence-electron chi connectivity index (χ2n) is 9.47. The minimum atomic E-state index is -0.0636. The monoisotopic (exact) mass is 397 g/mol. The number of anilines is 1. The third kappa shape index (κ3) is 2.86. The molecule has 3 aromatic rings. The van der Waals surface area contributed by atoms with Crippen molar-refractivity contribution in [3.05, 3.63) is 63.8 Å². The fourth-order valence-electron chi connectivity index (χ4n) is 5.42. The van der Waals surface area contributed by atoms with Crippen molar-refractivity contribution in [2.45, 2.75) is 39.0 Å². The highest BCUT2D eigenvalue weighted by atomic mass is 15.2. The second kappa shape index (κ2) is 6.93. The first-order chi connectivity index (χ1) is 14.4. The molecule has 3 nitrogen and oxygen atoms in total. The summed E-state index contributed by atoms with van der Waals surface area (Å²) in [6, 6.07) is 11.4. The van der Waals surface area contributed by atoms with Crippen molar-refractivity contribution in [1.29, 1.82) is 0 Å². The van der Waals surface area contributed by atoms with Gasteiger partial charge in [0.1, 0.15) is 0 Å². The molecular formula is C27H31N3. The van der Waals surface area contributed by atoms with Crippen molar-refractivity contribution >= 4 is 16.6 Å². The molecule has 2 aromatic carbocycles. The van der Waals surface area contributed by atoms with Gasteiger partial charge in [-0.15, -0.1) is 6.42 Å². The number of fused-ring (bicyclic) bond motifs is 4. The zero-order chi connectivity index (χ0) is 21.0. The topological polar surface area (TPSA) is 22.3 Å². The summed E-state index contributed by atoms with van der Waals surface area (Å²) in [5, 5.41) is 1.31. The number of H-pyrrole nitrogens is 1. The molecule has 1 saturated heterocycles. The van der Waals surface area contributed by atoms with Crippen molar-refractivity contribution in [2.75, 3.05) is 38.1 Å². The van der Waals surface area contributed by atoms with Crippen LogP contribution >= 0.6 is 0 Å². The Balaban J connectivity index is 1.64. The highest BCUT2D eigenvalue weighted by Crippen LogP contribution is 2.45. The normalized spacial score (nSPS) is 18.2. The summed E-state index contributed by atoms with van der Waals surface area (Å²) in [6.45, 7) is 11.5. The molecule has 0 spiro atoms. The molecule has 0 atom stereocenters. The summed E-state index contributed by atoms with van der Waals surface area (Å²) in [5.74, 6) is 2.77. The van der Waals surface area contributed by atoms with Crippen LogP contribution in [0.3, 0.4) is 0 Å². The predicted octanol–water partition coefficient (Wildman–Crippen LogP) is 4.69. The molecule has 30 heavy (non-hydrogen) atoms. The molecule has 0 unspecified atom stereocenters. The summed E-state index contributed by atoms with van der Waals surface area (Å²) in [7, 11) is 2.22. The maximum Gasteiger partial charge on any atom is 0.0471 e. The van der Waals surface area contributed by atoms with Crippen LogP contribution in [0.15, 0.2) is 30.3 Å². The number of piperazine rings is 1. The van der Waals surface area contributed by atoms with Gasteiger partial charge in [0.25, 0.3) is 0 Å². The van der Waals surface area contributed by atoms with Gasteiger partial charge in [0.15, 0.2) is 0 Å². The number of likely N-dealkylation sites (N-methyl/N-ethyl adjacent to an activating group) is 1. The first-order valence-corrected chi connectivity index (χ1v) is 11.1. The molecule has 1 aliphatic heterocycles. The molecule has 2 aliphatic rings. The third-order valence-electron chi connectivity index (χ3n) is 7.27. The quantitative estimate of drug-likeness (QED) is 0.634. The Morgan fingerprint density at radius 3 is 2.57 bits per heavy atom. The van der Waals surface area contributed by atoms with Gasteiger partial charge in [-0.1, -0.05) is 38.8 Å². The van der Waals surface area contributed by atoms with Crippen molar-refractivity contribution in [3.63, 3.8) is 0 Å². The number of aromatic amines is 1. The molecular weight excluding hydrogens is 366 g/mol. The lowest BCUT2D eigenvalue weighted by atomic mass is 9.71. The van der Waals surface area contributed by atoms with Crippen LogP contribution in [0.5, 0.6) is 0 Å². The van der Waals surface area contributed by atoms with Gasteiger partial charge in [0.05, 0.1) is 0 Å². The van der Waals surface area contributed by atoms with Gasteiger partial charge in [-0.05, 0) is 53.9 Å². The number of benzene rings is 2. The van der Waals surface area contributed by atoms with Crippen molar-refractivity contribution in [3.8, 4) is 12.3 Å². The Morgan fingerprint density at radius 1 is 1.10 bits per heavy atom. The SMILES string of the molecule is C#Cc1ccc2c3c([nH]c2c1)C(C)(C)c1cc(N2CCN(C)CC2)c(CC)cc1C3. The van der Waals surface area contributed by atoms with Crippen LogP contribution in [0.2, 0.25) is 0 Å². The van der Waals surface area contributed by atoms with E-state index < -0.39 is 0 Å². The Hall–Kier alpha value is -2.70. The molecule has 1 aliphatic carbocycles. The Bertz CT molecular complexity index is 1170. The zero-order valence-corrected chi connectivity index (χ0v) is 18.6. The number of hydrogen-bond donors (Lipinski definition) is 1. The predicted molar refractivity (Wildman–Crippen MR) is 127 cm³/mol. The van der Waals surface area contributed by atoms with Gasteiger partial charge >= 0.3 is 0 Å². The van der Waals surface area contributed by atoms with Crippen LogP contribution in [0, 0.1) is 12.3 Å². The molecule has 0 saturated carbocycles. The van der Waals surface area contributed by atoms with E-state index in [1.54, 1.807) is 0 Å². The van der Waals surface area contributed by atoms with Gasteiger partial charge in [-0.3, -0.25) is 0 Å². The van der Waals surface area contributed by atoms with E-state index in [1.165, 1.54) is 39.0 Å². The standard InChI is InChI=1S/C27H31N3/c1-6-18-8-9-21-22-16-20-15-19(7-2)25(30-12-10-29(5)11-13-30)17-23(20)27(3,4)26(22)28-24(21)14-18/h1,8-9,14-15,17,28H,7,10-13,16H2,2-5H3. The molecule has 3 heteroatoms. The maximum atomic E-state index is 5.64. The lowest BCUT2D eigenvalue weighted by Gasteiger charge is -2.38. The third-order valence-corrected chi connectivity index (χ3v) is 7.27. The van der Waals surface area contributed by atoms with Crippen molar-refractivity contribution < 1.29 is 0 Å². The molecule has 1 aromatic heterocycles. The summed E-state index contributed by atoms with van der Waals surface area (Å²) >= 11 is 0. The van der Waals surface area contributed by atoms with Gasteiger partial charge in [0, 0.05) is 65.9 Å². The molecule has 1 fully saturated rings. The summed E-state index contributed by atoms with van der Waals surface area (Å²) in [5.41, 5.74) is 10.7. The minimum Gasteiger partial charge on any atom is -0.369 e. The van der Waals surface area contributed by atoms with Crippen LogP contribution in [-0.4, -0.2) is 43.1 Å². The minimum absolute atomic E-state index is 0.0636. The van der Waals surface area contributed by atoms with Crippen LogP contribution in [0.25, 0.3) is 10.9 Å². The smallest absolute Gasteiger partial charge is 0.0471 e. The molecule has 154 valence electrons. The van der Waals surface area contributed by atoms with E-state index in [0.29, 0.717) is 0 Å². The number of rotatable bonds is 2. The van der Waals surface area contributed by atoms with Crippen molar-refractivity contribution in [1.82, 2.24) is 9.88 Å². The van der Waals surface area contributed by atoms with Gasteiger partial charge in [-0.2, -0.15) is 0 Å². The van der Waals surface area contributed by atoms with Crippen LogP contribution in [-0.2, 0) is 18.3 Å². The van der Waals surface area contributed by atoms with Gasteiger partial charge < -0.3 is 14.8 Å². The second-order valence-corrected chi connectivity index (χ2v) is 9.47. The molecule has 0 bridgehead atoms. The van der Waals surface area contributed by atoms with Crippen LogP contribution in [0.1, 0.15) is 54.3 Å². The van der Waals surface area contributed by atoms with E-state index in [9.17, 15) is 0 Å². The summed E-state index contributed by atoms with van der Waals surface area (Å²) in [4.78, 5) is 8.75. The summed E-state index contributed by atoms with van der Waals surface area (Å²) in [6.07, 6.45) is 7.70. The first-order valence-electron chi connectivity index (χ1n) is 11.1. The van der Waals surface area contributed by atoms with Crippen LogP contribution in [0.4, 0.5) is 5.69 Å². The van der Waals surface area contributed by atoms with Gasteiger partial charge in [0.2, 0.25) is 0 Å².